The minimum atomic E-state index is -0.866. The van der Waals surface area contributed by atoms with Gasteiger partial charge in [0.05, 0.1) is 0 Å². The van der Waals surface area contributed by atoms with Crippen LogP contribution < -0.4 is 0 Å². The molecule has 0 saturated carbocycles. The Morgan fingerprint density at radius 2 is 1.19 bits per heavy atom. The quantitative estimate of drug-likeness (QED) is 0.653. The van der Waals surface area contributed by atoms with E-state index in [-0.39, 0.29) is 0 Å². The molecule has 0 aliphatic heterocycles. The van der Waals surface area contributed by atoms with Crippen LogP contribution in [0.3, 0.4) is 0 Å². The fraction of sp³-hybridized carbons (Fsp3) is 0.400. The van der Waals surface area contributed by atoms with Gasteiger partial charge in [0.2, 0.25) is 0 Å². The second kappa shape index (κ2) is 7.99. The van der Waals surface area contributed by atoms with Crippen LogP contribution in [0, 0.1) is 0 Å². The molecule has 2 aromatic rings. The van der Waals surface area contributed by atoms with Gasteiger partial charge in [-0.05, 0) is 24.0 Å². The average molecular weight is 282 g/mol. The SMILES string of the molecule is CCCCCCCC(O)(c1ccccc1)c1ccccc1. The van der Waals surface area contributed by atoms with Crippen molar-refractivity contribution < 1.29 is 5.11 Å². The Bertz CT molecular complexity index is 464. The van der Waals surface area contributed by atoms with Crippen molar-refractivity contribution in [1.82, 2.24) is 0 Å². The van der Waals surface area contributed by atoms with Crippen molar-refractivity contribution in [3.63, 3.8) is 0 Å². The molecule has 0 bridgehead atoms. The van der Waals surface area contributed by atoms with Crippen molar-refractivity contribution >= 4 is 0 Å². The van der Waals surface area contributed by atoms with Crippen molar-refractivity contribution in [1.29, 1.82) is 0 Å². The summed E-state index contributed by atoms with van der Waals surface area (Å²) >= 11 is 0. The highest BCUT2D eigenvalue weighted by Crippen LogP contribution is 2.34. The smallest absolute Gasteiger partial charge is 0.115 e. The zero-order valence-electron chi connectivity index (χ0n) is 13.0. The molecule has 0 spiro atoms. The van der Waals surface area contributed by atoms with Gasteiger partial charge in [-0.1, -0.05) is 93.3 Å². The maximum absolute atomic E-state index is 11.3. The van der Waals surface area contributed by atoms with Gasteiger partial charge in [-0.15, -0.1) is 0 Å². The van der Waals surface area contributed by atoms with E-state index < -0.39 is 5.60 Å². The molecular formula is C20H26O. The van der Waals surface area contributed by atoms with E-state index in [9.17, 15) is 5.11 Å². The van der Waals surface area contributed by atoms with Gasteiger partial charge in [0.15, 0.2) is 0 Å². The number of hydrogen-bond acceptors (Lipinski definition) is 1. The molecule has 2 aromatic carbocycles. The Kier molecular flexibility index (Phi) is 6.01. The summed E-state index contributed by atoms with van der Waals surface area (Å²) in [6.07, 6.45) is 6.83. The second-order valence-electron chi connectivity index (χ2n) is 5.76. The number of aliphatic hydroxyl groups is 1. The molecule has 0 fully saturated rings. The molecule has 21 heavy (non-hydrogen) atoms. The lowest BCUT2D eigenvalue weighted by Gasteiger charge is -2.29. The first-order valence-electron chi connectivity index (χ1n) is 8.11. The van der Waals surface area contributed by atoms with Crippen molar-refractivity contribution in [3.05, 3.63) is 71.8 Å². The summed E-state index contributed by atoms with van der Waals surface area (Å²) in [6.45, 7) is 2.23. The Hall–Kier alpha value is -1.60. The minimum Gasteiger partial charge on any atom is -0.380 e. The largest absolute Gasteiger partial charge is 0.380 e. The third-order valence-electron chi connectivity index (χ3n) is 4.14. The minimum absolute atomic E-state index is 0.782. The Morgan fingerprint density at radius 3 is 1.67 bits per heavy atom. The molecule has 0 atom stereocenters. The highest BCUT2D eigenvalue weighted by Gasteiger charge is 2.30. The first-order chi connectivity index (χ1) is 10.3. The third kappa shape index (κ3) is 4.18. The molecule has 0 saturated heterocycles. The van der Waals surface area contributed by atoms with Gasteiger partial charge in [0, 0.05) is 0 Å². The van der Waals surface area contributed by atoms with Crippen molar-refractivity contribution in [2.45, 2.75) is 51.0 Å². The predicted octanol–water partition coefficient (Wildman–Crippen LogP) is 5.28. The van der Waals surface area contributed by atoms with E-state index in [0.29, 0.717) is 0 Å². The van der Waals surface area contributed by atoms with Gasteiger partial charge in [-0.3, -0.25) is 0 Å². The summed E-state index contributed by atoms with van der Waals surface area (Å²) in [5.74, 6) is 0. The highest BCUT2D eigenvalue weighted by atomic mass is 16.3. The summed E-state index contributed by atoms with van der Waals surface area (Å²) in [5, 5.41) is 11.3. The van der Waals surface area contributed by atoms with Crippen LogP contribution in [0.25, 0.3) is 0 Å². The summed E-state index contributed by atoms with van der Waals surface area (Å²) in [4.78, 5) is 0. The molecule has 2 rings (SSSR count). The predicted molar refractivity (Wildman–Crippen MR) is 89.3 cm³/mol. The topological polar surface area (TPSA) is 20.2 Å². The van der Waals surface area contributed by atoms with Gasteiger partial charge in [-0.2, -0.15) is 0 Å². The molecule has 1 nitrogen and oxygen atoms in total. The Balaban J connectivity index is 2.15. The number of unbranched alkanes of at least 4 members (excludes halogenated alkanes) is 4. The van der Waals surface area contributed by atoms with E-state index >= 15 is 0 Å². The van der Waals surface area contributed by atoms with Crippen LogP contribution in [-0.2, 0) is 5.60 Å². The van der Waals surface area contributed by atoms with Crippen molar-refractivity contribution in [2.75, 3.05) is 0 Å². The standard InChI is InChI=1S/C20H26O/c1-2-3-4-5-12-17-20(21,18-13-8-6-9-14-18)19-15-10-7-11-16-19/h6-11,13-16,21H,2-5,12,17H2,1H3. The summed E-state index contributed by atoms with van der Waals surface area (Å²) < 4.78 is 0. The highest BCUT2D eigenvalue weighted by molar-refractivity contribution is 5.35. The van der Waals surface area contributed by atoms with Crippen LogP contribution in [0.5, 0.6) is 0 Å². The van der Waals surface area contributed by atoms with Crippen LogP contribution >= 0.6 is 0 Å². The van der Waals surface area contributed by atoms with Gasteiger partial charge >= 0.3 is 0 Å². The lowest BCUT2D eigenvalue weighted by molar-refractivity contribution is 0.0679. The Labute approximate surface area is 128 Å². The van der Waals surface area contributed by atoms with Crippen LogP contribution in [-0.4, -0.2) is 5.11 Å². The lowest BCUT2D eigenvalue weighted by atomic mass is 9.82. The molecule has 0 aromatic heterocycles. The molecule has 0 aliphatic carbocycles. The first kappa shape index (κ1) is 15.8. The van der Waals surface area contributed by atoms with E-state index in [2.05, 4.69) is 6.92 Å². The van der Waals surface area contributed by atoms with E-state index in [1.807, 2.05) is 60.7 Å². The second-order valence-corrected chi connectivity index (χ2v) is 5.76. The van der Waals surface area contributed by atoms with Crippen molar-refractivity contribution in [3.8, 4) is 0 Å². The fourth-order valence-corrected chi connectivity index (χ4v) is 2.87. The average Bonchev–Trinajstić information content (AvgIpc) is 2.56. The number of benzene rings is 2. The normalized spacial score (nSPS) is 11.5. The number of hydrogen-bond donors (Lipinski definition) is 1. The summed E-state index contributed by atoms with van der Waals surface area (Å²) in [7, 11) is 0. The van der Waals surface area contributed by atoms with Crippen LogP contribution in [0.2, 0.25) is 0 Å². The monoisotopic (exact) mass is 282 g/mol. The van der Waals surface area contributed by atoms with Gasteiger partial charge < -0.3 is 5.11 Å². The van der Waals surface area contributed by atoms with Crippen LogP contribution in [0.4, 0.5) is 0 Å². The maximum Gasteiger partial charge on any atom is 0.115 e. The third-order valence-corrected chi connectivity index (χ3v) is 4.14. The van der Waals surface area contributed by atoms with Gasteiger partial charge in [0.1, 0.15) is 5.60 Å². The molecule has 0 heterocycles. The van der Waals surface area contributed by atoms with Crippen LogP contribution in [0.1, 0.15) is 56.6 Å². The summed E-state index contributed by atoms with van der Waals surface area (Å²) in [6, 6.07) is 20.1. The molecule has 0 radical (unpaired) electrons. The van der Waals surface area contributed by atoms with E-state index in [0.717, 1.165) is 24.0 Å². The lowest BCUT2D eigenvalue weighted by Crippen LogP contribution is -2.27. The molecule has 1 heteroatoms. The van der Waals surface area contributed by atoms with E-state index in [1.165, 1.54) is 25.7 Å². The first-order valence-corrected chi connectivity index (χ1v) is 8.11. The van der Waals surface area contributed by atoms with Gasteiger partial charge in [-0.25, -0.2) is 0 Å². The summed E-state index contributed by atoms with van der Waals surface area (Å²) in [5.41, 5.74) is 1.12. The zero-order chi connectivity index (χ0) is 15.0. The molecular weight excluding hydrogens is 256 g/mol. The maximum atomic E-state index is 11.3. The number of rotatable bonds is 8. The Morgan fingerprint density at radius 1 is 0.714 bits per heavy atom. The molecule has 1 N–H and O–H groups in total. The van der Waals surface area contributed by atoms with Crippen LogP contribution in [0.15, 0.2) is 60.7 Å². The van der Waals surface area contributed by atoms with E-state index in [1.54, 1.807) is 0 Å². The molecule has 0 aliphatic rings. The fourth-order valence-electron chi connectivity index (χ4n) is 2.87. The van der Waals surface area contributed by atoms with E-state index in [4.69, 9.17) is 0 Å². The molecule has 112 valence electrons. The molecule has 0 unspecified atom stereocenters. The molecule has 0 amide bonds. The zero-order valence-corrected chi connectivity index (χ0v) is 13.0. The van der Waals surface area contributed by atoms with Crippen molar-refractivity contribution in [2.24, 2.45) is 0 Å². The van der Waals surface area contributed by atoms with Gasteiger partial charge in [0.25, 0.3) is 0 Å².